The topological polar surface area (TPSA) is 19.6 Å². The lowest BCUT2D eigenvalue weighted by atomic mass is 9.35. The number of furan rings is 1. The molecule has 348 valence electrons. The molecule has 12 rings (SSSR count). The molecule has 3 aromatic heterocycles. The van der Waals surface area contributed by atoms with Crippen LogP contribution in [0.5, 0.6) is 0 Å². The minimum atomic E-state index is -0.162. The number of hydrogen-bond donors (Lipinski definition) is 0. The lowest BCUT2D eigenvalue weighted by molar-refractivity contribution is 0.589. The SMILES string of the molecule is Cc1cc(C(C)(C)C)cc(C)c1N1c2cc(-c3cc4ccccc4s3)ccc2B2c3oc4ccc(C(C)(C)C)cc4c3N(c3c(C)cc(-c4cc5ccccc5s4)cc3C)c3cc(C(C)(C)C)cc1c32. The zero-order chi connectivity index (χ0) is 48.9. The molecular weight excluding hydrogens is 888 g/mol. The van der Waals surface area contributed by atoms with Crippen molar-refractivity contribution in [3.05, 3.63) is 172 Å². The summed E-state index contributed by atoms with van der Waals surface area (Å²) >= 11 is 3.75. The normalized spacial score (nSPS) is 13.7. The van der Waals surface area contributed by atoms with E-state index >= 15 is 0 Å². The molecular formula is C64H61BN2OS2. The molecule has 10 aromatic rings. The van der Waals surface area contributed by atoms with E-state index in [0.29, 0.717) is 0 Å². The molecule has 0 spiro atoms. The first-order chi connectivity index (χ1) is 33.2. The van der Waals surface area contributed by atoms with Crippen molar-refractivity contribution in [2.75, 3.05) is 9.80 Å². The van der Waals surface area contributed by atoms with E-state index in [1.807, 2.05) is 22.7 Å². The van der Waals surface area contributed by atoms with Crippen molar-refractivity contribution in [2.45, 2.75) is 106 Å². The predicted octanol–water partition coefficient (Wildman–Crippen LogP) is 17.4. The standard InChI is InChI=1S/C64H61BN2OS2/c1-36-26-43(56-32-41-19-15-17-21-54(41)70-56)27-37(2)59(36)67-51-35-46(64(11,12)13)34-50-57(51)65(61-60(67)47-33-44(62(5,6)7)23-25-52(47)68-61)48-24-22-42(55-31-40-18-14-16-20-53(40)69-55)30-49(48)66(50)58-38(3)28-45(29-39(58)4)63(8,9)10/h14-35H,1-13H3. The smallest absolute Gasteiger partial charge is 0.297 e. The Morgan fingerprint density at radius 3 is 1.53 bits per heavy atom. The van der Waals surface area contributed by atoms with Crippen LogP contribution < -0.4 is 26.4 Å². The Morgan fingerprint density at radius 2 is 0.957 bits per heavy atom. The molecule has 2 aliphatic rings. The highest BCUT2D eigenvalue weighted by Gasteiger charge is 2.48. The molecule has 0 amide bonds. The Kier molecular flexibility index (Phi) is 9.98. The second-order valence-electron chi connectivity index (χ2n) is 23.3. The Balaban J connectivity index is 1.19. The third-order valence-electron chi connectivity index (χ3n) is 15.1. The maximum Gasteiger partial charge on any atom is 0.297 e. The molecule has 5 heterocycles. The zero-order valence-corrected chi connectivity index (χ0v) is 44.5. The summed E-state index contributed by atoms with van der Waals surface area (Å²) in [6.45, 7) is 30.1. The second kappa shape index (κ2) is 15.6. The average Bonchev–Trinajstić information content (AvgIpc) is 4.04. The van der Waals surface area contributed by atoms with Crippen LogP contribution in [0.4, 0.5) is 34.1 Å². The van der Waals surface area contributed by atoms with Gasteiger partial charge < -0.3 is 14.2 Å². The summed E-state index contributed by atoms with van der Waals surface area (Å²) in [7, 11) is 0. The Hall–Kier alpha value is -6.34. The number of thiophene rings is 2. The number of hydrogen-bond acceptors (Lipinski definition) is 5. The van der Waals surface area contributed by atoms with Crippen LogP contribution in [0.25, 0.3) is 52.0 Å². The van der Waals surface area contributed by atoms with Crippen LogP contribution in [-0.2, 0) is 16.2 Å². The number of rotatable bonds is 4. The molecule has 0 N–H and O–H groups in total. The lowest BCUT2D eigenvalue weighted by Gasteiger charge is -2.45. The van der Waals surface area contributed by atoms with E-state index in [9.17, 15) is 0 Å². The van der Waals surface area contributed by atoms with Gasteiger partial charge in [0, 0.05) is 41.6 Å². The van der Waals surface area contributed by atoms with Crippen LogP contribution in [0.3, 0.4) is 0 Å². The van der Waals surface area contributed by atoms with Crippen LogP contribution in [0.1, 0.15) is 101 Å². The largest absolute Gasteiger partial charge is 0.468 e. The van der Waals surface area contributed by atoms with Gasteiger partial charge in [0.25, 0.3) is 6.71 Å². The summed E-state index contributed by atoms with van der Waals surface area (Å²) in [6, 6.07) is 51.2. The fraction of sp³-hybridized carbons (Fsp3) is 0.250. The van der Waals surface area contributed by atoms with Crippen molar-refractivity contribution in [3.8, 4) is 20.9 Å². The molecule has 0 unspecified atom stereocenters. The van der Waals surface area contributed by atoms with Gasteiger partial charge in [0.05, 0.1) is 22.7 Å². The zero-order valence-electron chi connectivity index (χ0n) is 42.9. The van der Waals surface area contributed by atoms with Crippen molar-refractivity contribution in [3.63, 3.8) is 0 Å². The van der Waals surface area contributed by atoms with E-state index < -0.39 is 0 Å². The summed E-state index contributed by atoms with van der Waals surface area (Å²) in [5, 5.41) is 3.72. The van der Waals surface area contributed by atoms with E-state index in [2.05, 4.69) is 233 Å². The average molecular weight is 949 g/mol. The second-order valence-corrected chi connectivity index (χ2v) is 25.5. The minimum absolute atomic E-state index is 0.00586. The van der Waals surface area contributed by atoms with Gasteiger partial charge in [-0.2, -0.15) is 0 Å². The first kappa shape index (κ1) is 44.8. The van der Waals surface area contributed by atoms with Gasteiger partial charge in [-0.1, -0.05) is 129 Å². The van der Waals surface area contributed by atoms with Crippen molar-refractivity contribution in [1.29, 1.82) is 0 Å². The van der Waals surface area contributed by atoms with E-state index in [1.54, 1.807) is 0 Å². The molecule has 0 bridgehead atoms. The van der Waals surface area contributed by atoms with Gasteiger partial charge in [0.1, 0.15) is 5.58 Å². The van der Waals surface area contributed by atoms with Crippen LogP contribution in [0, 0.1) is 27.7 Å². The van der Waals surface area contributed by atoms with Crippen LogP contribution >= 0.6 is 22.7 Å². The molecule has 0 saturated heterocycles. The van der Waals surface area contributed by atoms with Gasteiger partial charge in [-0.25, -0.2) is 0 Å². The third-order valence-corrected chi connectivity index (χ3v) is 17.4. The predicted molar refractivity (Wildman–Crippen MR) is 307 cm³/mol. The van der Waals surface area contributed by atoms with E-state index in [1.165, 1.54) is 119 Å². The van der Waals surface area contributed by atoms with Gasteiger partial charge in [-0.3, -0.25) is 0 Å². The number of anilines is 6. The summed E-state index contributed by atoms with van der Waals surface area (Å²) in [4.78, 5) is 7.82. The van der Waals surface area contributed by atoms with Gasteiger partial charge in [-0.15, -0.1) is 22.7 Å². The van der Waals surface area contributed by atoms with Crippen molar-refractivity contribution < 1.29 is 4.42 Å². The summed E-state index contributed by atoms with van der Waals surface area (Å²) < 4.78 is 10.1. The van der Waals surface area contributed by atoms with Gasteiger partial charge in [0.2, 0.25) is 0 Å². The molecule has 7 aromatic carbocycles. The molecule has 6 heteroatoms. The highest BCUT2D eigenvalue weighted by Crippen LogP contribution is 2.52. The van der Waals surface area contributed by atoms with Gasteiger partial charge in [-0.05, 0) is 182 Å². The Bertz CT molecular complexity index is 3690. The van der Waals surface area contributed by atoms with Crippen molar-refractivity contribution >= 4 is 111 Å². The summed E-state index contributed by atoms with van der Waals surface area (Å²) in [5.41, 5.74) is 22.9. The minimum Gasteiger partial charge on any atom is -0.468 e. The molecule has 0 radical (unpaired) electrons. The highest BCUT2D eigenvalue weighted by atomic mass is 32.1. The molecule has 2 aliphatic heterocycles. The Morgan fingerprint density at radius 1 is 0.443 bits per heavy atom. The fourth-order valence-corrected chi connectivity index (χ4v) is 13.6. The first-order valence-corrected chi connectivity index (χ1v) is 26.6. The number of nitrogens with zero attached hydrogens (tertiary/aromatic N) is 2. The molecule has 0 atom stereocenters. The number of benzene rings is 7. The molecule has 0 fully saturated rings. The fourth-order valence-electron chi connectivity index (χ4n) is 11.4. The van der Waals surface area contributed by atoms with Crippen molar-refractivity contribution in [1.82, 2.24) is 0 Å². The van der Waals surface area contributed by atoms with Crippen LogP contribution in [0.15, 0.2) is 138 Å². The maximum absolute atomic E-state index is 7.46. The number of aryl methyl sites for hydroxylation is 4. The van der Waals surface area contributed by atoms with Gasteiger partial charge >= 0.3 is 0 Å². The lowest BCUT2D eigenvalue weighted by Crippen LogP contribution is -2.61. The summed E-state index contributed by atoms with van der Waals surface area (Å²) in [5.74, 6) is 0. The van der Waals surface area contributed by atoms with E-state index in [-0.39, 0.29) is 23.0 Å². The Labute approximate surface area is 422 Å². The molecule has 0 saturated carbocycles. The van der Waals surface area contributed by atoms with Gasteiger partial charge in [0.15, 0.2) is 0 Å². The third kappa shape index (κ3) is 7.03. The quantitative estimate of drug-likeness (QED) is 0.164. The maximum atomic E-state index is 7.46. The monoisotopic (exact) mass is 948 g/mol. The van der Waals surface area contributed by atoms with Crippen LogP contribution in [-0.4, -0.2) is 6.71 Å². The highest BCUT2D eigenvalue weighted by molar-refractivity contribution is 7.22. The molecule has 70 heavy (non-hydrogen) atoms. The first-order valence-electron chi connectivity index (χ1n) is 24.9. The van der Waals surface area contributed by atoms with E-state index in [4.69, 9.17) is 4.42 Å². The van der Waals surface area contributed by atoms with E-state index in [0.717, 1.165) is 22.3 Å². The molecule has 0 aliphatic carbocycles. The van der Waals surface area contributed by atoms with Crippen molar-refractivity contribution in [2.24, 2.45) is 0 Å². The van der Waals surface area contributed by atoms with Crippen LogP contribution in [0.2, 0.25) is 0 Å². The molecule has 3 nitrogen and oxygen atoms in total. The summed E-state index contributed by atoms with van der Waals surface area (Å²) in [6.07, 6.45) is 0. The number of fused-ring (bicyclic) bond motifs is 8.